The van der Waals surface area contributed by atoms with E-state index in [1.807, 2.05) is 48.6 Å². The molecule has 2 heterocycles. The summed E-state index contributed by atoms with van der Waals surface area (Å²) in [6.45, 7) is 0. The van der Waals surface area contributed by atoms with Gasteiger partial charge in [0.2, 0.25) is 0 Å². The van der Waals surface area contributed by atoms with Gasteiger partial charge in [0, 0.05) is 47.5 Å². The standard InChI is InChI=1S/C26H20F2N2/c27-25-11-3-1-9-23(25)21(19(25)17-5-13-29-14-6-17)24-10-2-4-12-26(24,28)20(22(23)24)18-7-15-30-16-8-18/h1-16,19-22H. The minimum absolute atomic E-state index is 0.132. The molecule has 2 aromatic heterocycles. The predicted octanol–water partition coefficient (Wildman–Crippen LogP) is 5.26. The maximum Gasteiger partial charge on any atom is 0.146 e. The van der Waals surface area contributed by atoms with Crippen LogP contribution < -0.4 is 0 Å². The number of rotatable bonds is 2. The van der Waals surface area contributed by atoms with Crippen molar-refractivity contribution in [2.75, 3.05) is 0 Å². The third-order valence-electron chi connectivity index (χ3n) is 8.73. The molecule has 4 unspecified atom stereocenters. The van der Waals surface area contributed by atoms with E-state index >= 15 is 8.78 Å². The Morgan fingerprint density at radius 2 is 0.933 bits per heavy atom. The number of halogens is 2. The lowest BCUT2D eigenvalue weighted by Crippen LogP contribution is -2.93. The Kier molecular flexibility index (Phi) is 2.84. The van der Waals surface area contributed by atoms with E-state index in [0.29, 0.717) is 0 Å². The largest absolute Gasteiger partial charge is 0.265 e. The SMILES string of the molecule is FC12C=CC=CC13C(C2c1ccncc1)C12C=CC=CC1(F)C(c1ccncc1)C32. The molecule has 0 radical (unpaired) electrons. The van der Waals surface area contributed by atoms with E-state index in [1.54, 1.807) is 49.1 Å². The molecule has 0 bridgehead atoms. The van der Waals surface area contributed by atoms with E-state index in [9.17, 15) is 0 Å². The summed E-state index contributed by atoms with van der Waals surface area (Å²) in [6.07, 6.45) is 21.8. The van der Waals surface area contributed by atoms with E-state index in [4.69, 9.17) is 0 Å². The molecule has 7 rings (SSSR count). The molecule has 0 amide bonds. The Labute approximate surface area is 173 Å². The highest BCUT2D eigenvalue weighted by Crippen LogP contribution is 2.95. The van der Waals surface area contributed by atoms with Crippen LogP contribution in [0.3, 0.4) is 0 Å². The number of nitrogens with zero attached hydrogens (tertiary/aromatic N) is 2. The van der Waals surface area contributed by atoms with Gasteiger partial charge in [0.25, 0.3) is 0 Å². The molecule has 2 spiro atoms. The highest BCUT2D eigenvalue weighted by molar-refractivity contribution is 5.63. The van der Waals surface area contributed by atoms with Gasteiger partial charge in [0.15, 0.2) is 0 Å². The van der Waals surface area contributed by atoms with E-state index in [0.717, 1.165) is 11.1 Å². The molecule has 4 atom stereocenters. The van der Waals surface area contributed by atoms with Gasteiger partial charge in [0.05, 0.1) is 0 Å². The van der Waals surface area contributed by atoms with Gasteiger partial charge in [-0.3, -0.25) is 9.97 Å². The summed E-state index contributed by atoms with van der Waals surface area (Å²) in [7, 11) is 0. The summed E-state index contributed by atoms with van der Waals surface area (Å²) < 4.78 is 33.8. The molecule has 0 aliphatic heterocycles. The van der Waals surface area contributed by atoms with Crippen molar-refractivity contribution in [1.29, 1.82) is 0 Å². The van der Waals surface area contributed by atoms with Crippen molar-refractivity contribution >= 4 is 0 Å². The van der Waals surface area contributed by atoms with Gasteiger partial charge >= 0.3 is 0 Å². The molecule has 4 heteroatoms. The van der Waals surface area contributed by atoms with E-state index in [2.05, 4.69) is 9.97 Å². The minimum Gasteiger partial charge on any atom is -0.265 e. The van der Waals surface area contributed by atoms with Crippen molar-refractivity contribution in [2.45, 2.75) is 23.2 Å². The average Bonchev–Trinajstić information content (AvgIpc) is 2.77. The summed E-state index contributed by atoms with van der Waals surface area (Å²) >= 11 is 0. The number of pyridine rings is 2. The van der Waals surface area contributed by atoms with Gasteiger partial charge in [-0.25, -0.2) is 8.78 Å². The van der Waals surface area contributed by atoms with Crippen LogP contribution in [0.1, 0.15) is 23.0 Å². The highest BCUT2D eigenvalue weighted by Gasteiger charge is 2.97. The number of hydrogen-bond acceptors (Lipinski definition) is 2. The zero-order chi connectivity index (χ0) is 20.2. The Morgan fingerprint density at radius 3 is 1.33 bits per heavy atom. The second-order valence-electron chi connectivity index (χ2n) is 9.31. The smallest absolute Gasteiger partial charge is 0.146 e. The second kappa shape index (κ2) is 5.05. The van der Waals surface area contributed by atoms with Crippen molar-refractivity contribution in [2.24, 2.45) is 22.7 Å². The Hall–Kier alpha value is -2.88. The minimum atomic E-state index is -1.52. The molecule has 5 aliphatic carbocycles. The summed E-state index contributed by atoms with van der Waals surface area (Å²) in [6, 6.07) is 7.53. The summed E-state index contributed by atoms with van der Waals surface area (Å²) in [4.78, 5) is 8.21. The van der Waals surface area contributed by atoms with Crippen molar-refractivity contribution in [3.8, 4) is 0 Å². The lowest BCUT2D eigenvalue weighted by atomic mass is 9.12. The average molecular weight is 398 g/mol. The molecule has 0 saturated heterocycles. The molecule has 5 aliphatic rings. The van der Waals surface area contributed by atoms with E-state index < -0.39 is 22.2 Å². The van der Waals surface area contributed by atoms with Crippen LogP contribution >= 0.6 is 0 Å². The molecule has 2 aromatic rings. The molecule has 0 N–H and O–H groups in total. The molecule has 148 valence electrons. The van der Waals surface area contributed by atoms with Gasteiger partial charge < -0.3 is 0 Å². The predicted molar refractivity (Wildman–Crippen MR) is 110 cm³/mol. The lowest BCUT2D eigenvalue weighted by molar-refractivity contribution is -0.402. The Balaban J connectivity index is 1.45. The fourth-order valence-corrected chi connectivity index (χ4v) is 7.97. The molecule has 3 saturated carbocycles. The monoisotopic (exact) mass is 398 g/mol. The van der Waals surface area contributed by atoms with Crippen LogP contribution in [0.25, 0.3) is 0 Å². The first-order valence-corrected chi connectivity index (χ1v) is 10.5. The third kappa shape index (κ3) is 1.43. The van der Waals surface area contributed by atoms with Crippen molar-refractivity contribution in [3.63, 3.8) is 0 Å². The van der Waals surface area contributed by atoms with Crippen LogP contribution in [-0.2, 0) is 0 Å². The van der Waals surface area contributed by atoms with Crippen LogP contribution in [0.5, 0.6) is 0 Å². The van der Waals surface area contributed by atoms with Crippen LogP contribution in [-0.4, -0.2) is 21.3 Å². The molecule has 3 fully saturated rings. The first-order chi connectivity index (χ1) is 14.6. The second-order valence-corrected chi connectivity index (χ2v) is 9.31. The molecular formula is C26H20F2N2. The topological polar surface area (TPSA) is 25.8 Å². The van der Waals surface area contributed by atoms with E-state index in [1.165, 1.54) is 0 Å². The maximum atomic E-state index is 16.9. The molecule has 0 aromatic carbocycles. The lowest BCUT2D eigenvalue weighted by Gasteiger charge is -2.90. The first kappa shape index (κ1) is 16.9. The summed E-state index contributed by atoms with van der Waals surface area (Å²) in [5, 5.41) is 0. The quantitative estimate of drug-likeness (QED) is 0.690. The van der Waals surface area contributed by atoms with E-state index in [-0.39, 0.29) is 23.7 Å². The summed E-state index contributed by atoms with van der Waals surface area (Å²) in [5.41, 5.74) is -2.61. The number of aromatic nitrogens is 2. The normalized spacial score (nSPS) is 48.3. The van der Waals surface area contributed by atoms with Crippen molar-refractivity contribution < 1.29 is 8.78 Å². The highest BCUT2D eigenvalue weighted by atomic mass is 19.1. The summed E-state index contributed by atoms with van der Waals surface area (Å²) in [5.74, 6) is -1.04. The third-order valence-corrected chi connectivity index (χ3v) is 8.73. The number of allylic oxidation sites excluding steroid dienone is 8. The molecular weight excluding hydrogens is 378 g/mol. The van der Waals surface area contributed by atoms with Crippen molar-refractivity contribution in [1.82, 2.24) is 9.97 Å². The zero-order valence-corrected chi connectivity index (χ0v) is 16.2. The fourth-order valence-electron chi connectivity index (χ4n) is 7.97. The maximum absolute atomic E-state index is 16.9. The van der Waals surface area contributed by atoms with Gasteiger partial charge in [-0.05, 0) is 59.4 Å². The van der Waals surface area contributed by atoms with Gasteiger partial charge in [-0.15, -0.1) is 0 Å². The van der Waals surface area contributed by atoms with Gasteiger partial charge in [-0.1, -0.05) is 36.5 Å². The first-order valence-electron chi connectivity index (χ1n) is 10.5. The number of alkyl halides is 2. The van der Waals surface area contributed by atoms with Crippen molar-refractivity contribution in [3.05, 3.63) is 109 Å². The number of hydrogen-bond donors (Lipinski definition) is 0. The molecule has 2 nitrogen and oxygen atoms in total. The van der Waals surface area contributed by atoms with Crippen LogP contribution in [0.15, 0.2) is 97.7 Å². The van der Waals surface area contributed by atoms with Gasteiger partial charge in [0.1, 0.15) is 11.3 Å². The zero-order valence-electron chi connectivity index (χ0n) is 16.2. The van der Waals surface area contributed by atoms with Gasteiger partial charge in [-0.2, -0.15) is 0 Å². The molecule has 30 heavy (non-hydrogen) atoms. The Morgan fingerprint density at radius 1 is 0.567 bits per heavy atom. The fraction of sp³-hybridized carbons (Fsp3) is 0.308. The van der Waals surface area contributed by atoms with Crippen LogP contribution in [0, 0.1) is 22.7 Å². The van der Waals surface area contributed by atoms with Crippen LogP contribution in [0.4, 0.5) is 8.78 Å². The van der Waals surface area contributed by atoms with Crippen LogP contribution in [0.2, 0.25) is 0 Å². The Bertz CT molecular complexity index is 1070.